The topological polar surface area (TPSA) is 121 Å². The zero-order chi connectivity index (χ0) is 31.6. The Morgan fingerprint density at radius 3 is 1.12 bits per heavy atom. The minimum atomic E-state index is -1.16. The second-order valence-corrected chi connectivity index (χ2v) is 11.7. The fourth-order valence-electron chi connectivity index (χ4n) is 5.62. The number of carboxylic acids is 2. The molecule has 43 heavy (non-hydrogen) atoms. The molecule has 0 fully saturated rings. The van der Waals surface area contributed by atoms with E-state index < -0.39 is 23.4 Å². The molecule has 2 N–H and O–H groups in total. The molecule has 4 rings (SSSR count). The van der Waals surface area contributed by atoms with Crippen molar-refractivity contribution in [1.29, 1.82) is 0 Å². The Balaban J connectivity index is 0.000000293. The SMILES string of the molecule is Cc1cc(C(C)(C)c2ccccc2)c(C)c(C(=O)O)c1[O-].Cc1cc(C(C)(C)c2ccccc2)c(C)c(C(=O)O)c1[O-].[Zn+2]. The molecule has 0 bridgehead atoms. The normalized spacial score (nSPS) is 11.2. The van der Waals surface area contributed by atoms with Crippen LogP contribution in [0.3, 0.4) is 0 Å². The van der Waals surface area contributed by atoms with Crippen molar-refractivity contribution in [3.63, 3.8) is 0 Å². The molecule has 0 heterocycles. The fraction of sp³-hybridized carbons (Fsp3) is 0.278. The van der Waals surface area contributed by atoms with Gasteiger partial charge in [0.2, 0.25) is 0 Å². The summed E-state index contributed by atoms with van der Waals surface area (Å²) in [6, 6.07) is 23.4. The number of carbonyl (C=O) groups is 2. The molecule has 6 nitrogen and oxygen atoms in total. The van der Waals surface area contributed by atoms with Crippen LogP contribution in [0.25, 0.3) is 0 Å². The van der Waals surface area contributed by atoms with Gasteiger partial charge < -0.3 is 20.4 Å². The van der Waals surface area contributed by atoms with Crippen LogP contribution in [0, 0.1) is 27.7 Å². The van der Waals surface area contributed by atoms with Gasteiger partial charge in [-0.2, -0.15) is 0 Å². The predicted octanol–water partition coefficient (Wildman–Crippen LogP) is 6.80. The molecule has 0 aliphatic heterocycles. The summed E-state index contributed by atoms with van der Waals surface area (Å²) in [4.78, 5) is 22.8. The minimum Gasteiger partial charge on any atom is -0.872 e. The van der Waals surface area contributed by atoms with E-state index in [-0.39, 0.29) is 41.4 Å². The summed E-state index contributed by atoms with van der Waals surface area (Å²) < 4.78 is 0. The summed E-state index contributed by atoms with van der Waals surface area (Å²) in [7, 11) is 0. The molecule has 0 unspecified atom stereocenters. The molecule has 4 aromatic carbocycles. The molecule has 0 saturated carbocycles. The maximum absolute atomic E-state index is 12.1. The Kier molecular flexibility index (Phi) is 11.1. The maximum atomic E-state index is 12.1. The van der Waals surface area contributed by atoms with Crippen LogP contribution in [0.5, 0.6) is 11.5 Å². The van der Waals surface area contributed by atoms with E-state index in [2.05, 4.69) is 0 Å². The van der Waals surface area contributed by atoms with E-state index in [0.29, 0.717) is 22.3 Å². The third-order valence-corrected chi connectivity index (χ3v) is 8.22. The monoisotopic (exact) mass is 630 g/mol. The largest absolute Gasteiger partial charge is 2.00 e. The maximum Gasteiger partial charge on any atom is 2.00 e. The van der Waals surface area contributed by atoms with E-state index in [1.807, 2.05) is 100 Å². The standard InChI is InChI=1S/2C18H20O3.Zn/c2*1-11-10-14(12(2)15(16(11)19)17(20)21)18(3,4)13-8-6-5-7-9-13;/h2*5-10,19H,1-4H3,(H,20,21);/q;;+2/p-2. The van der Waals surface area contributed by atoms with Crippen molar-refractivity contribution in [2.24, 2.45) is 0 Å². The van der Waals surface area contributed by atoms with Crippen molar-refractivity contribution < 1.29 is 49.5 Å². The van der Waals surface area contributed by atoms with Gasteiger partial charge in [0, 0.05) is 10.8 Å². The number of benzene rings is 4. The molecular formula is C36H38O6Zn. The average molecular weight is 632 g/mol. The predicted molar refractivity (Wildman–Crippen MR) is 162 cm³/mol. The van der Waals surface area contributed by atoms with Crippen LogP contribution in [-0.2, 0) is 30.3 Å². The van der Waals surface area contributed by atoms with Gasteiger partial charge in [0.05, 0.1) is 11.1 Å². The zero-order valence-corrected chi connectivity index (χ0v) is 29.1. The van der Waals surface area contributed by atoms with Crippen LogP contribution in [0.2, 0.25) is 0 Å². The number of hydrogen-bond acceptors (Lipinski definition) is 4. The zero-order valence-electron chi connectivity index (χ0n) is 26.2. The number of aryl methyl sites for hydroxylation is 2. The van der Waals surface area contributed by atoms with Gasteiger partial charge in [0.15, 0.2) is 0 Å². The molecule has 0 aromatic heterocycles. The van der Waals surface area contributed by atoms with E-state index in [0.717, 1.165) is 22.3 Å². The van der Waals surface area contributed by atoms with Crippen molar-refractivity contribution in [2.45, 2.75) is 66.2 Å². The second kappa shape index (κ2) is 13.6. The number of hydrogen-bond donors (Lipinski definition) is 2. The summed E-state index contributed by atoms with van der Waals surface area (Å²) in [5.74, 6) is -3.11. The van der Waals surface area contributed by atoms with Gasteiger partial charge in [-0.25, -0.2) is 9.59 Å². The first-order chi connectivity index (χ1) is 19.5. The van der Waals surface area contributed by atoms with Gasteiger partial charge in [-0.15, -0.1) is 0 Å². The van der Waals surface area contributed by atoms with Crippen LogP contribution in [0.1, 0.15) is 92.9 Å². The summed E-state index contributed by atoms with van der Waals surface area (Å²) in [6.45, 7) is 14.9. The quantitative estimate of drug-likeness (QED) is 0.226. The minimum absolute atomic E-state index is 0. The molecule has 0 aliphatic rings. The Hall–Kier alpha value is -3.96. The second-order valence-electron chi connectivity index (χ2n) is 11.7. The van der Waals surface area contributed by atoms with Crippen molar-refractivity contribution >= 4 is 11.9 Å². The average Bonchev–Trinajstić information content (AvgIpc) is 2.93. The molecule has 0 saturated heterocycles. The molecule has 4 aromatic rings. The van der Waals surface area contributed by atoms with Crippen molar-refractivity contribution in [3.8, 4) is 11.5 Å². The van der Waals surface area contributed by atoms with Crippen molar-refractivity contribution in [1.82, 2.24) is 0 Å². The van der Waals surface area contributed by atoms with E-state index >= 15 is 0 Å². The number of carboxylic acid groups (broad SMARTS) is 2. The van der Waals surface area contributed by atoms with E-state index in [1.54, 1.807) is 27.7 Å². The first-order valence-corrected chi connectivity index (χ1v) is 13.7. The summed E-state index contributed by atoms with van der Waals surface area (Å²) in [5.41, 5.74) is 4.99. The summed E-state index contributed by atoms with van der Waals surface area (Å²) in [6.07, 6.45) is 0. The summed E-state index contributed by atoms with van der Waals surface area (Å²) >= 11 is 0. The van der Waals surface area contributed by atoms with Crippen LogP contribution < -0.4 is 10.2 Å². The van der Waals surface area contributed by atoms with Gasteiger partial charge in [0.25, 0.3) is 0 Å². The Bertz CT molecular complexity index is 1500. The van der Waals surface area contributed by atoms with E-state index in [1.165, 1.54) is 0 Å². The molecule has 0 atom stereocenters. The van der Waals surface area contributed by atoms with Crippen LogP contribution in [0.15, 0.2) is 72.8 Å². The van der Waals surface area contributed by atoms with Gasteiger partial charge in [-0.05, 0) is 61.1 Å². The van der Waals surface area contributed by atoms with Gasteiger partial charge >= 0.3 is 31.4 Å². The summed E-state index contributed by atoms with van der Waals surface area (Å²) in [5, 5.41) is 42.8. The first kappa shape index (κ1) is 35.2. The van der Waals surface area contributed by atoms with Crippen molar-refractivity contribution in [2.75, 3.05) is 0 Å². The third-order valence-electron chi connectivity index (χ3n) is 8.22. The Labute approximate surface area is 266 Å². The number of aromatic carboxylic acids is 2. The van der Waals surface area contributed by atoms with E-state index in [4.69, 9.17) is 0 Å². The van der Waals surface area contributed by atoms with Crippen LogP contribution >= 0.6 is 0 Å². The first-order valence-electron chi connectivity index (χ1n) is 13.7. The molecule has 0 spiro atoms. The Morgan fingerprint density at radius 1 is 0.581 bits per heavy atom. The molecule has 0 aliphatic carbocycles. The molecule has 0 amide bonds. The Morgan fingerprint density at radius 2 is 0.860 bits per heavy atom. The van der Waals surface area contributed by atoms with E-state index in [9.17, 15) is 30.0 Å². The molecular weight excluding hydrogens is 594 g/mol. The van der Waals surface area contributed by atoms with Crippen molar-refractivity contribution in [3.05, 3.63) is 128 Å². The molecule has 0 radical (unpaired) electrons. The number of rotatable bonds is 6. The van der Waals surface area contributed by atoms with Crippen LogP contribution in [0.4, 0.5) is 0 Å². The smallest absolute Gasteiger partial charge is 0.872 e. The third kappa shape index (κ3) is 7.00. The molecule has 220 valence electrons. The van der Waals surface area contributed by atoms with Gasteiger partial charge in [-0.1, -0.05) is 123 Å². The molecule has 7 heteroatoms. The van der Waals surface area contributed by atoms with Gasteiger partial charge in [0.1, 0.15) is 0 Å². The van der Waals surface area contributed by atoms with Crippen LogP contribution in [-0.4, -0.2) is 22.2 Å². The fourth-order valence-corrected chi connectivity index (χ4v) is 5.62. The van der Waals surface area contributed by atoms with Gasteiger partial charge in [-0.3, -0.25) is 0 Å².